The van der Waals surface area contributed by atoms with Crippen molar-refractivity contribution in [3.8, 4) is 0 Å². The van der Waals surface area contributed by atoms with Gasteiger partial charge in [-0.25, -0.2) is 0 Å². The van der Waals surface area contributed by atoms with E-state index in [0.29, 0.717) is 6.04 Å². The standard InChI is InChI=1S/C13H18BrN/c1-2-8-15-11-7-6-10-4-3-5-13(14)12(10)9-11/h3-5,11,15H,2,6-9H2,1H3. The molecule has 0 fully saturated rings. The summed E-state index contributed by atoms with van der Waals surface area (Å²) in [5, 5.41) is 3.62. The van der Waals surface area contributed by atoms with Crippen LogP contribution in [0.1, 0.15) is 30.9 Å². The molecule has 0 bridgehead atoms. The first-order valence-electron chi connectivity index (χ1n) is 5.81. The molecule has 0 saturated heterocycles. The summed E-state index contributed by atoms with van der Waals surface area (Å²) in [4.78, 5) is 0. The second kappa shape index (κ2) is 5.13. The molecule has 0 heterocycles. The van der Waals surface area contributed by atoms with E-state index < -0.39 is 0 Å². The summed E-state index contributed by atoms with van der Waals surface area (Å²) in [6, 6.07) is 7.23. The molecular formula is C13H18BrN. The highest BCUT2D eigenvalue weighted by Gasteiger charge is 2.19. The SMILES string of the molecule is CCCNC1CCc2cccc(Br)c2C1. The maximum Gasteiger partial charge on any atom is 0.0210 e. The number of aryl methyl sites for hydroxylation is 1. The van der Waals surface area contributed by atoms with Gasteiger partial charge in [-0.05, 0) is 49.4 Å². The van der Waals surface area contributed by atoms with Crippen LogP contribution in [-0.4, -0.2) is 12.6 Å². The van der Waals surface area contributed by atoms with E-state index in [9.17, 15) is 0 Å². The number of hydrogen-bond donors (Lipinski definition) is 1. The smallest absolute Gasteiger partial charge is 0.0210 e. The minimum Gasteiger partial charge on any atom is -0.314 e. The lowest BCUT2D eigenvalue weighted by Crippen LogP contribution is -2.35. The zero-order valence-corrected chi connectivity index (χ0v) is 10.8. The summed E-state index contributed by atoms with van der Waals surface area (Å²) in [6.45, 7) is 3.37. The van der Waals surface area contributed by atoms with Crippen LogP contribution in [-0.2, 0) is 12.8 Å². The van der Waals surface area contributed by atoms with Crippen LogP contribution in [0.15, 0.2) is 22.7 Å². The normalized spacial score (nSPS) is 20.0. The van der Waals surface area contributed by atoms with Gasteiger partial charge in [0.25, 0.3) is 0 Å². The van der Waals surface area contributed by atoms with Crippen LogP contribution in [0.2, 0.25) is 0 Å². The summed E-state index contributed by atoms with van der Waals surface area (Å²) in [5.74, 6) is 0. The monoisotopic (exact) mass is 267 g/mol. The molecule has 0 spiro atoms. The molecule has 0 amide bonds. The molecule has 0 aromatic heterocycles. The van der Waals surface area contributed by atoms with Crippen molar-refractivity contribution in [2.45, 2.75) is 38.6 Å². The van der Waals surface area contributed by atoms with E-state index in [1.165, 1.54) is 41.3 Å². The number of nitrogens with one attached hydrogen (secondary N) is 1. The van der Waals surface area contributed by atoms with E-state index in [0.717, 1.165) is 6.54 Å². The molecule has 0 saturated carbocycles. The zero-order chi connectivity index (χ0) is 10.7. The Morgan fingerprint density at radius 1 is 1.47 bits per heavy atom. The van der Waals surface area contributed by atoms with E-state index in [1.807, 2.05) is 0 Å². The molecule has 1 unspecified atom stereocenters. The van der Waals surface area contributed by atoms with Gasteiger partial charge in [0.1, 0.15) is 0 Å². The molecule has 0 aliphatic heterocycles. The average molecular weight is 268 g/mol. The van der Waals surface area contributed by atoms with Crippen molar-refractivity contribution in [2.24, 2.45) is 0 Å². The van der Waals surface area contributed by atoms with Gasteiger partial charge in [0.2, 0.25) is 0 Å². The lowest BCUT2D eigenvalue weighted by atomic mass is 9.88. The van der Waals surface area contributed by atoms with Gasteiger partial charge in [0.05, 0.1) is 0 Å². The second-order valence-electron chi connectivity index (χ2n) is 4.27. The fourth-order valence-corrected chi connectivity index (χ4v) is 2.84. The molecule has 1 aromatic rings. The average Bonchev–Trinajstić information content (AvgIpc) is 2.27. The third kappa shape index (κ3) is 2.61. The Morgan fingerprint density at radius 2 is 2.33 bits per heavy atom. The molecular weight excluding hydrogens is 250 g/mol. The molecule has 1 nitrogen and oxygen atoms in total. The zero-order valence-electron chi connectivity index (χ0n) is 9.22. The van der Waals surface area contributed by atoms with E-state index in [1.54, 1.807) is 0 Å². The van der Waals surface area contributed by atoms with Gasteiger partial charge in [-0.3, -0.25) is 0 Å². The maximum absolute atomic E-state index is 3.65. The molecule has 1 atom stereocenters. The first kappa shape index (κ1) is 11.2. The maximum atomic E-state index is 3.65. The van der Waals surface area contributed by atoms with Gasteiger partial charge in [-0.2, -0.15) is 0 Å². The Hall–Kier alpha value is -0.340. The summed E-state index contributed by atoms with van der Waals surface area (Å²) in [7, 11) is 0. The summed E-state index contributed by atoms with van der Waals surface area (Å²) in [5.41, 5.74) is 3.04. The van der Waals surface area contributed by atoms with E-state index in [2.05, 4.69) is 46.4 Å². The van der Waals surface area contributed by atoms with E-state index in [4.69, 9.17) is 0 Å². The molecule has 1 N–H and O–H groups in total. The van der Waals surface area contributed by atoms with Gasteiger partial charge < -0.3 is 5.32 Å². The van der Waals surface area contributed by atoms with Crippen LogP contribution in [0.5, 0.6) is 0 Å². The summed E-state index contributed by atoms with van der Waals surface area (Å²) < 4.78 is 1.28. The third-order valence-electron chi connectivity index (χ3n) is 3.11. The molecule has 82 valence electrons. The summed E-state index contributed by atoms with van der Waals surface area (Å²) in [6.07, 6.45) is 4.90. The Labute approximate surface area is 100 Å². The van der Waals surface area contributed by atoms with Crippen molar-refractivity contribution in [2.75, 3.05) is 6.54 Å². The molecule has 1 aromatic carbocycles. The summed E-state index contributed by atoms with van der Waals surface area (Å²) >= 11 is 3.65. The minimum absolute atomic E-state index is 0.677. The van der Waals surface area contributed by atoms with Crippen LogP contribution in [0.3, 0.4) is 0 Å². The highest BCUT2D eigenvalue weighted by molar-refractivity contribution is 9.10. The van der Waals surface area contributed by atoms with Crippen LogP contribution in [0, 0.1) is 0 Å². The second-order valence-corrected chi connectivity index (χ2v) is 5.13. The Bertz CT molecular complexity index is 335. The predicted molar refractivity (Wildman–Crippen MR) is 68.2 cm³/mol. The first-order valence-corrected chi connectivity index (χ1v) is 6.60. The number of rotatable bonds is 3. The number of benzene rings is 1. The Balaban J connectivity index is 2.08. The van der Waals surface area contributed by atoms with Crippen molar-refractivity contribution >= 4 is 15.9 Å². The van der Waals surface area contributed by atoms with Crippen molar-refractivity contribution in [1.82, 2.24) is 5.32 Å². The van der Waals surface area contributed by atoms with Crippen LogP contribution >= 0.6 is 15.9 Å². The van der Waals surface area contributed by atoms with Gasteiger partial charge >= 0.3 is 0 Å². The van der Waals surface area contributed by atoms with Gasteiger partial charge in [-0.1, -0.05) is 35.0 Å². The highest BCUT2D eigenvalue weighted by atomic mass is 79.9. The number of halogens is 1. The molecule has 2 rings (SSSR count). The number of fused-ring (bicyclic) bond motifs is 1. The third-order valence-corrected chi connectivity index (χ3v) is 3.85. The number of hydrogen-bond acceptors (Lipinski definition) is 1. The lowest BCUT2D eigenvalue weighted by molar-refractivity contribution is 0.458. The van der Waals surface area contributed by atoms with Crippen LogP contribution in [0.25, 0.3) is 0 Å². The Kier molecular flexibility index (Phi) is 3.81. The molecule has 15 heavy (non-hydrogen) atoms. The van der Waals surface area contributed by atoms with Gasteiger partial charge in [0.15, 0.2) is 0 Å². The van der Waals surface area contributed by atoms with E-state index >= 15 is 0 Å². The quantitative estimate of drug-likeness (QED) is 0.886. The van der Waals surface area contributed by atoms with Crippen molar-refractivity contribution in [3.63, 3.8) is 0 Å². The van der Waals surface area contributed by atoms with Gasteiger partial charge in [0, 0.05) is 10.5 Å². The topological polar surface area (TPSA) is 12.0 Å². The largest absolute Gasteiger partial charge is 0.314 e. The fraction of sp³-hybridized carbons (Fsp3) is 0.538. The van der Waals surface area contributed by atoms with Crippen molar-refractivity contribution in [1.29, 1.82) is 0 Å². The van der Waals surface area contributed by atoms with Gasteiger partial charge in [-0.15, -0.1) is 0 Å². The molecule has 1 aliphatic carbocycles. The highest BCUT2D eigenvalue weighted by Crippen LogP contribution is 2.28. The molecule has 2 heteroatoms. The van der Waals surface area contributed by atoms with Crippen LogP contribution < -0.4 is 5.32 Å². The Morgan fingerprint density at radius 3 is 3.13 bits per heavy atom. The first-order chi connectivity index (χ1) is 7.31. The predicted octanol–water partition coefficient (Wildman–Crippen LogP) is 3.31. The minimum atomic E-state index is 0.677. The van der Waals surface area contributed by atoms with Crippen molar-refractivity contribution in [3.05, 3.63) is 33.8 Å². The molecule has 0 radical (unpaired) electrons. The fourth-order valence-electron chi connectivity index (χ4n) is 2.27. The van der Waals surface area contributed by atoms with E-state index in [-0.39, 0.29) is 0 Å². The van der Waals surface area contributed by atoms with Crippen LogP contribution in [0.4, 0.5) is 0 Å². The molecule has 1 aliphatic rings. The van der Waals surface area contributed by atoms with Crippen molar-refractivity contribution < 1.29 is 0 Å². The lowest BCUT2D eigenvalue weighted by Gasteiger charge is -2.26.